The Morgan fingerprint density at radius 3 is 2.41 bits per heavy atom. The highest BCUT2D eigenvalue weighted by Crippen LogP contribution is 2.28. The summed E-state index contributed by atoms with van der Waals surface area (Å²) in [5, 5.41) is 21.2. The number of likely N-dealkylation sites (tertiary alicyclic amines) is 1. The Bertz CT molecular complexity index is 1090. The van der Waals surface area contributed by atoms with Crippen LogP contribution in [0.15, 0.2) is 65.2 Å². The lowest BCUT2D eigenvalue weighted by Crippen LogP contribution is -2.36. The monoisotopic (exact) mass is 486 g/mol. The molecule has 3 aromatic rings. The van der Waals surface area contributed by atoms with Gasteiger partial charge in [-0.2, -0.15) is 0 Å². The predicted octanol–water partition coefficient (Wildman–Crippen LogP) is 4.53. The number of aromatic nitrogens is 1. The molecule has 0 unspecified atom stereocenters. The van der Waals surface area contributed by atoms with Crippen LogP contribution < -0.4 is 4.74 Å². The van der Waals surface area contributed by atoms with Crippen LogP contribution in [-0.2, 0) is 16.0 Å². The molecule has 34 heavy (non-hydrogen) atoms. The Balaban J connectivity index is 0.000000350. The Kier molecular flexibility index (Phi) is 9.49. The van der Waals surface area contributed by atoms with Gasteiger partial charge in [0.25, 0.3) is 5.88 Å². The molecule has 0 saturated carbocycles. The third kappa shape index (κ3) is 8.20. The Hall–Kier alpha value is -3.36. The predicted molar refractivity (Wildman–Crippen MR) is 128 cm³/mol. The summed E-state index contributed by atoms with van der Waals surface area (Å²) in [4.78, 5) is 21.7. The smallest absolute Gasteiger partial charge is 0.328 e. The van der Waals surface area contributed by atoms with Crippen molar-refractivity contribution < 1.29 is 29.1 Å². The fourth-order valence-corrected chi connectivity index (χ4v) is 3.81. The first-order valence-corrected chi connectivity index (χ1v) is 11.4. The highest BCUT2D eigenvalue weighted by molar-refractivity contribution is 6.31. The maximum atomic E-state index is 9.55. The van der Waals surface area contributed by atoms with Crippen LogP contribution in [0.25, 0.3) is 11.0 Å². The topological polar surface area (TPSA) is 113 Å². The summed E-state index contributed by atoms with van der Waals surface area (Å²) in [6, 6.07) is 16.2. The molecule has 0 aliphatic carbocycles. The van der Waals surface area contributed by atoms with Crippen molar-refractivity contribution in [2.75, 3.05) is 26.2 Å². The lowest BCUT2D eigenvalue weighted by molar-refractivity contribution is -0.134. The van der Waals surface area contributed by atoms with E-state index in [-0.39, 0.29) is 0 Å². The van der Waals surface area contributed by atoms with E-state index in [1.165, 1.54) is 5.56 Å². The number of hydrogen-bond acceptors (Lipinski definition) is 6. The van der Waals surface area contributed by atoms with E-state index in [4.69, 9.17) is 31.1 Å². The number of nitrogens with zero attached hydrogens (tertiary/aromatic N) is 2. The van der Waals surface area contributed by atoms with Gasteiger partial charge in [0.1, 0.15) is 0 Å². The molecule has 1 aromatic heterocycles. The van der Waals surface area contributed by atoms with Crippen molar-refractivity contribution in [3.63, 3.8) is 0 Å². The molecule has 8 nitrogen and oxygen atoms in total. The minimum Gasteiger partial charge on any atom is -0.478 e. The first-order chi connectivity index (χ1) is 16.4. The van der Waals surface area contributed by atoms with E-state index in [9.17, 15) is 9.59 Å². The standard InChI is InChI=1S/C21H23ClN2O2.C4H4O4/c22-18-6-7-20-19(14-18)21(23-26-20)25-15-17-9-12-24(13-10-17)11-8-16-4-2-1-3-5-16;5-3(6)1-2-4(7)8/h1-7,14,17H,8-13,15H2;1-2H,(H,5,6)(H,7,8). The highest BCUT2D eigenvalue weighted by Gasteiger charge is 2.20. The van der Waals surface area contributed by atoms with Crippen LogP contribution in [0, 0.1) is 5.92 Å². The molecule has 0 atom stereocenters. The zero-order valence-corrected chi connectivity index (χ0v) is 19.4. The van der Waals surface area contributed by atoms with Gasteiger partial charge in [0.05, 0.1) is 12.0 Å². The molecule has 1 aliphatic rings. The molecular weight excluding hydrogens is 460 g/mol. The number of halogens is 1. The third-order valence-corrected chi connectivity index (χ3v) is 5.72. The Morgan fingerprint density at radius 2 is 1.76 bits per heavy atom. The van der Waals surface area contributed by atoms with Crippen molar-refractivity contribution in [2.24, 2.45) is 5.92 Å². The van der Waals surface area contributed by atoms with Gasteiger partial charge in [0.2, 0.25) is 0 Å². The molecule has 1 aliphatic heterocycles. The summed E-state index contributed by atoms with van der Waals surface area (Å²) in [5.74, 6) is -1.40. The number of aliphatic carboxylic acids is 2. The molecule has 2 aromatic carbocycles. The number of carboxylic acid groups (broad SMARTS) is 2. The van der Waals surface area contributed by atoms with Crippen LogP contribution in [0.4, 0.5) is 0 Å². The van der Waals surface area contributed by atoms with Crippen molar-refractivity contribution in [1.29, 1.82) is 0 Å². The van der Waals surface area contributed by atoms with E-state index in [0.29, 0.717) is 41.2 Å². The molecule has 0 spiro atoms. The van der Waals surface area contributed by atoms with Crippen molar-refractivity contribution >= 4 is 34.5 Å². The molecule has 0 bridgehead atoms. The van der Waals surface area contributed by atoms with Crippen LogP contribution in [-0.4, -0.2) is 58.4 Å². The van der Waals surface area contributed by atoms with Crippen LogP contribution in [0.5, 0.6) is 5.88 Å². The third-order valence-electron chi connectivity index (χ3n) is 5.49. The maximum Gasteiger partial charge on any atom is 0.328 e. The number of benzene rings is 2. The van der Waals surface area contributed by atoms with E-state index >= 15 is 0 Å². The van der Waals surface area contributed by atoms with E-state index in [1.54, 1.807) is 6.07 Å². The minimum atomic E-state index is -1.26. The van der Waals surface area contributed by atoms with Gasteiger partial charge in [0, 0.05) is 23.7 Å². The molecular formula is C25H27ClN2O6. The van der Waals surface area contributed by atoms with E-state index in [2.05, 4.69) is 40.4 Å². The molecule has 2 N–H and O–H groups in total. The lowest BCUT2D eigenvalue weighted by atomic mass is 9.97. The fraction of sp³-hybridized carbons (Fsp3) is 0.320. The summed E-state index contributed by atoms with van der Waals surface area (Å²) in [7, 11) is 0. The number of piperidine rings is 1. The van der Waals surface area contributed by atoms with E-state index < -0.39 is 11.9 Å². The maximum absolute atomic E-state index is 9.55. The summed E-state index contributed by atoms with van der Waals surface area (Å²) in [6.45, 7) is 4.07. The average Bonchev–Trinajstić information content (AvgIpc) is 3.24. The van der Waals surface area contributed by atoms with Gasteiger partial charge in [0.15, 0.2) is 5.58 Å². The van der Waals surface area contributed by atoms with E-state index in [1.807, 2.05) is 12.1 Å². The number of carboxylic acids is 2. The van der Waals surface area contributed by atoms with Gasteiger partial charge in [-0.3, -0.25) is 0 Å². The molecule has 1 saturated heterocycles. The number of ether oxygens (including phenoxy) is 1. The molecule has 0 radical (unpaired) electrons. The zero-order chi connectivity index (χ0) is 24.3. The quantitative estimate of drug-likeness (QED) is 0.446. The van der Waals surface area contributed by atoms with Crippen molar-refractivity contribution in [3.8, 4) is 5.88 Å². The van der Waals surface area contributed by atoms with Gasteiger partial charge in [-0.15, -0.1) is 0 Å². The Labute approximate surface area is 202 Å². The summed E-state index contributed by atoms with van der Waals surface area (Å²) in [6.07, 6.45) is 4.55. The normalized spacial score (nSPS) is 14.6. The van der Waals surface area contributed by atoms with Crippen LogP contribution in [0.1, 0.15) is 18.4 Å². The van der Waals surface area contributed by atoms with Crippen LogP contribution in [0.2, 0.25) is 5.02 Å². The van der Waals surface area contributed by atoms with Gasteiger partial charge in [-0.1, -0.05) is 41.9 Å². The van der Waals surface area contributed by atoms with Crippen molar-refractivity contribution in [1.82, 2.24) is 10.1 Å². The number of hydrogen-bond donors (Lipinski definition) is 2. The summed E-state index contributed by atoms with van der Waals surface area (Å²) < 4.78 is 11.2. The molecule has 0 amide bonds. The van der Waals surface area contributed by atoms with Gasteiger partial charge in [-0.05, 0) is 67.2 Å². The number of rotatable bonds is 8. The van der Waals surface area contributed by atoms with Crippen LogP contribution in [0.3, 0.4) is 0 Å². The number of fused-ring (bicyclic) bond motifs is 1. The second-order valence-electron chi connectivity index (χ2n) is 7.97. The summed E-state index contributed by atoms with van der Waals surface area (Å²) >= 11 is 6.06. The second-order valence-corrected chi connectivity index (χ2v) is 8.41. The molecule has 180 valence electrons. The van der Waals surface area contributed by atoms with Gasteiger partial charge in [-0.25, -0.2) is 9.59 Å². The average molecular weight is 487 g/mol. The van der Waals surface area contributed by atoms with E-state index in [0.717, 1.165) is 44.3 Å². The first kappa shape index (κ1) is 25.3. The number of carbonyl (C=O) groups is 2. The molecule has 4 rings (SSSR count). The Morgan fingerprint density at radius 1 is 1.09 bits per heavy atom. The summed E-state index contributed by atoms with van der Waals surface area (Å²) in [5.41, 5.74) is 2.12. The largest absolute Gasteiger partial charge is 0.478 e. The molecule has 2 heterocycles. The molecule has 1 fully saturated rings. The lowest BCUT2D eigenvalue weighted by Gasteiger charge is -2.31. The van der Waals surface area contributed by atoms with Crippen LogP contribution >= 0.6 is 11.6 Å². The van der Waals surface area contributed by atoms with Crippen molar-refractivity contribution in [3.05, 3.63) is 71.3 Å². The second kappa shape index (κ2) is 12.8. The van der Waals surface area contributed by atoms with Gasteiger partial charge >= 0.3 is 11.9 Å². The minimum absolute atomic E-state index is 0.550. The highest BCUT2D eigenvalue weighted by atomic mass is 35.5. The SMILES string of the molecule is Clc1ccc2onc(OCC3CCN(CCc4ccccc4)CC3)c2c1.O=C(O)C=CC(=O)O. The first-order valence-electron chi connectivity index (χ1n) is 11.0. The fourth-order valence-electron chi connectivity index (χ4n) is 3.64. The van der Waals surface area contributed by atoms with Crippen molar-refractivity contribution in [2.45, 2.75) is 19.3 Å². The molecule has 9 heteroatoms. The van der Waals surface area contributed by atoms with Gasteiger partial charge < -0.3 is 24.4 Å². The zero-order valence-electron chi connectivity index (χ0n) is 18.6.